The number of rotatable bonds is 5. The summed E-state index contributed by atoms with van der Waals surface area (Å²) in [4.78, 5) is 27.1. The number of nitrogens with one attached hydrogen (secondary N) is 1. The number of allylic oxidation sites excluding steroid dienone is 1. The lowest BCUT2D eigenvalue weighted by Gasteiger charge is -2.34. The van der Waals surface area contributed by atoms with E-state index < -0.39 is 11.9 Å². The van der Waals surface area contributed by atoms with E-state index in [9.17, 15) is 4.79 Å². The molecule has 0 aliphatic carbocycles. The van der Waals surface area contributed by atoms with Gasteiger partial charge in [-0.25, -0.2) is 9.42 Å². The highest BCUT2D eigenvalue weighted by Crippen LogP contribution is 2.47. The van der Waals surface area contributed by atoms with Gasteiger partial charge in [-0.1, -0.05) is 12.1 Å². The van der Waals surface area contributed by atoms with Gasteiger partial charge in [0.05, 0.1) is 31.3 Å². The number of morpholine rings is 1. The number of anilines is 3. The summed E-state index contributed by atoms with van der Waals surface area (Å²) in [5.41, 5.74) is 3.88. The monoisotopic (exact) mass is 465 g/mol. The zero-order valence-corrected chi connectivity index (χ0v) is 19.7. The number of hydrogen-bond acceptors (Lipinski definition) is 11. The Balaban J connectivity index is 1.76. The molecule has 2 aliphatic rings. The van der Waals surface area contributed by atoms with Crippen LogP contribution in [0, 0.1) is 0 Å². The number of fused-ring (bicyclic) bond motifs is 2. The fraction of sp³-hybridized carbons (Fsp3) is 0.435. The van der Waals surface area contributed by atoms with E-state index in [1.54, 1.807) is 6.92 Å². The number of aromatic nitrogens is 4. The van der Waals surface area contributed by atoms with Crippen LogP contribution in [0.1, 0.15) is 30.9 Å². The fourth-order valence-corrected chi connectivity index (χ4v) is 4.51. The van der Waals surface area contributed by atoms with E-state index in [4.69, 9.17) is 24.1 Å². The van der Waals surface area contributed by atoms with Crippen LogP contribution in [0.15, 0.2) is 34.1 Å². The Kier molecular flexibility index (Phi) is 5.78. The standard InChI is InChI=1S/C23H27N7O4/c1-5-33-22(31)16-13(2)24-20-18(17(16)14-7-6-8-15-19(14)28-34-27-15)21(29(3)4)26-23(25-20)30-9-11-32-12-10-30/h6-8,17H,5,9-12H2,1-4H3,(H,24,25,26). The molecule has 34 heavy (non-hydrogen) atoms. The van der Waals surface area contributed by atoms with Gasteiger partial charge in [0.15, 0.2) is 0 Å². The molecule has 1 atom stereocenters. The lowest BCUT2D eigenvalue weighted by molar-refractivity contribution is -0.138. The smallest absolute Gasteiger partial charge is 0.336 e. The van der Waals surface area contributed by atoms with Gasteiger partial charge in [-0.05, 0) is 35.8 Å². The Morgan fingerprint density at radius 2 is 2.03 bits per heavy atom. The molecule has 0 amide bonds. The third kappa shape index (κ3) is 3.71. The molecule has 4 heterocycles. The molecule has 1 unspecified atom stereocenters. The van der Waals surface area contributed by atoms with Crippen LogP contribution in [-0.2, 0) is 14.3 Å². The van der Waals surface area contributed by atoms with Gasteiger partial charge in [-0.15, -0.1) is 0 Å². The van der Waals surface area contributed by atoms with E-state index in [2.05, 4.69) is 20.5 Å². The van der Waals surface area contributed by atoms with Crippen LogP contribution in [0.5, 0.6) is 0 Å². The van der Waals surface area contributed by atoms with Crippen molar-refractivity contribution in [3.8, 4) is 0 Å². The molecule has 1 N–H and O–H groups in total. The summed E-state index contributed by atoms with van der Waals surface area (Å²) in [6.07, 6.45) is 0. The van der Waals surface area contributed by atoms with E-state index in [1.165, 1.54) is 0 Å². The molecule has 5 rings (SSSR count). The largest absolute Gasteiger partial charge is 0.463 e. The quantitative estimate of drug-likeness (QED) is 0.559. The fourth-order valence-electron chi connectivity index (χ4n) is 4.51. The second-order valence-electron chi connectivity index (χ2n) is 8.40. The van der Waals surface area contributed by atoms with Gasteiger partial charge in [0.25, 0.3) is 0 Å². The van der Waals surface area contributed by atoms with Crippen molar-refractivity contribution in [1.29, 1.82) is 0 Å². The molecule has 178 valence electrons. The van der Waals surface area contributed by atoms with E-state index in [0.29, 0.717) is 66.2 Å². The Morgan fingerprint density at radius 1 is 1.24 bits per heavy atom. The van der Waals surface area contributed by atoms with Crippen molar-refractivity contribution >= 4 is 34.6 Å². The summed E-state index contributed by atoms with van der Waals surface area (Å²) < 4.78 is 16.0. The molecular weight excluding hydrogens is 438 g/mol. The third-order valence-corrected chi connectivity index (χ3v) is 6.04. The van der Waals surface area contributed by atoms with Gasteiger partial charge < -0.3 is 24.6 Å². The molecule has 11 heteroatoms. The summed E-state index contributed by atoms with van der Waals surface area (Å²) in [5.74, 6) is 1.03. The van der Waals surface area contributed by atoms with Crippen LogP contribution >= 0.6 is 0 Å². The molecule has 3 aromatic rings. The lowest BCUT2D eigenvalue weighted by Crippen LogP contribution is -2.38. The van der Waals surface area contributed by atoms with Crippen molar-refractivity contribution in [1.82, 2.24) is 20.3 Å². The van der Waals surface area contributed by atoms with Gasteiger partial charge in [-0.2, -0.15) is 9.97 Å². The van der Waals surface area contributed by atoms with Crippen LogP contribution in [0.4, 0.5) is 17.6 Å². The van der Waals surface area contributed by atoms with Crippen molar-refractivity contribution in [3.63, 3.8) is 0 Å². The highest BCUT2D eigenvalue weighted by atomic mass is 16.6. The van der Waals surface area contributed by atoms with E-state index >= 15 is 0 Å². The number of esters is 1. The molecule has 2 aliphatic heterocycles. The van der Waals surface area contributed by atoms with Gasteiger partial charge in [0.2, 0.25) is 5.95 Å². The zero-order chi connectivity index (χ0) is 23.8. The molecule has 0 saturated carbocycles. The minimum Gasteiger partial charge on any atom is -0.463 e. The summed E-state index contributed by atoms with van der Waals surface area (Å²) in [7, 11) is 3.85. The summed E-state index contributed by atoms with van der Waals surface area (Å²) in [5, 5.41) is 11.5. The molecule has 2 aromatic heterocycles. The van der Waals surface area contributed by atoms with E-state index in [0.717, 1.165) is 11.1 Å². The maximum atomic E-state index is 13.2. The number of carbonyl (C=O) groups excluding carboxylic acids is 1. The average molecular weight is 466 g/mol. The first-order valence-corrected chi connectivity index (χ1v) is 11.3. The van der Waals surface area contributed by atoms with Crippen LogP contribution in [0.2, 0.25) is 0 Å². The van der Waals surface area contributed by atoms with Crippen LogP contribution in [0.25, 0.3) is 11.0 Å². The predicted octanol–water partition coefficient (Wildman–Crippen LogP) is 2.31. The minimum absolute atomic E-state index is 0.262. The second kappa shape index (κ2) is 8.90. The number of nitrogens with zero attached hydrogens (tertiary/aromatic N) is 6. The topological polar surface area (TPSA) is 119 Å². The van der Waals surface area contributed by atoms with Gasteiger partial charge in [-0.3, -0.25) is 0 Å². The number of benzene rings is 1. The molecule has 0 spiro atoms. The second-order valence-corrected chi connectivity index (χ2v) is 8.40. The lowest BCUT2D eigenvalue weighted by atomic mass is 9.81. The van der Waals surface area contributed by atoms with Crippen molar-refractivity contribution in [2.45, 2.75) is 19.8 Å². The van der Waals surface area contributed by atoms with Gasteiger partial charge in [0.1, 0.15) is 22.7 Å². The molecule has 0 bridgehead atoms. The number of hydrogen-bond donors (Lipinski definition) is 1. The number of ether oxygens (including phenoxy) is 2. The Bertz CT molecular complexity index is 1260. The van der Waals surface area contributed by atoms with Gasteiger partial charge >= 0.3 is 5.97 Å². The van der Waals surface area contributed by atoms with E-state index in [1.807, 2.05) is 44.1 Å². The summed E-state index contributed by atoms with van der Waals surface area (Å²) in [6, 6.07) is 5.62. The summed E-state index contributed by atoms with van der Waals surface area (Å²) >= 11 is 0. The van der Waals surface area contributed by atoms with Crippen molar-refractivity contribution in [3.05, 3.63) is 40.6 Å². The third-order valence-electron chi connectivity index (χ3n) is 6.04. The van der Waals surface area contributed by atoms with Crippen molar-refractivity contribution < 1.29 is 18.9 Å². The van der Waals surface area contributed by atoms with Gasteiger partial charge in [0, 0.05) is 38.4 Å². The van der Waals surface area contributed by atoms with E-state index in [-0.39, 0.29) is 6.61 Å². The first-order chi connectivity index (χ1) is 16.5. The van der Waals surface area contributed by atoms with Crippen molar-refractivity contribution in [2.24, 2.45) is 0 Å². The Morgan fingerprint density at radius 3 is 2.76 bits per heavy atom. The maximum absolute atomic E-state index is 13.2. The average Bonchev–Trinajstić information content (AvgIpc) is 3.32. The maximum Gasteiger partial charge on any atom is 0.336 e. The Hall–Kier alpha value is -3.73. The van der Waals surface area contributed by atoms with Crippen LogP contribution < -0.4 is 15.1 Å². The zero-order valence-electron chi connectivity index (χ0n) is 19.7. The van der Waals surface area contributed by atoms with Crippen LogP contribution in [-0.4, -0.2) is 73.3 Å². The highest BCUT2D eigenvalue weighted by Gasteiger charge is 2.39. The molecule has 11 nitrogen and oxygen atoms in total. The minimum atomic E-state index is -0.526. The molecule has 1 fully saturated rings. The summed E-state index contributed by atoms with van der Waals surface area (Å²) in [6.45, 7) is 6.58. The Labute approximate surface area is 196 Å². The normalized spacial score (nSPS) is 18.0. The molecule has 0 radical (unpaired) electrons. The highest BCUT2D eigenvalue weighted by molar-refractivity contribution is 5.97. The molecule has 1 aromatic carbocycles. The number of carbonyl (C=O) groups is 1. The first-order valence-electron chi connectivity index (χ1n) is 11.3. The SMILES string of the molecule is CCOC(=O)C1=C(C)Nc2nc(N3CCOCC3)nc(N(C)C)c2C1c1cccc2nonc12. The molecule has 1 saturated heterocycles. The van der Waals surface area contributed by atoms with Crippen molar-refractivity contribution in [2.75, 3.05) is 62.1 Å². The molecular formula is C23H27N7O4. The predicted molar refractivity (Wildman–Crippen MR) is 126 cm³/mol. The first kappa shape index (κ1) is 22.1. The van der Waals surface area contributed by atoms with Crippen LogP contribution in [0.3, 0.4) is 0 Å².